The highest BCUT2D eigenvalue weighted by molar-refractivity contribution is 8.77. The number of aromatic nitrogens is 2. The number of aliphatic hydroxyl groups excluding tert-OH is 2. The topological polar surface area (TPSA) is 119 Å². The number of nitrogens with zero attached hydrogens (tertiary/aromatic N) is 2. The van der Waals surface area contributed by atoms with Gasteiger partial charge in [0.15, 0.2) is 11.0 Å². The van der Waals surface area contributed by atoms with Gasteiger partial charge in [0, 0.05) is 36.7 Å². The van der Waals surface area contributed by atoms with Crippen molar-refractivity contribution in [3.05, 3.63) is 24.3 Å². The second-order valence-electron chi connectivity index (χ2n) is 4.19. The number of ether oxygens (including phenoxy) is 1. The van der Waals surface area contributed by atoms with Crippen LogP contribution in [-0.2, 0) is 14.3 Å². The number of carbonyl (C=O) groups excluding carboxylic acids is 1. The maximum Gasteiger partial charge on any atom is 0.241 e. The van der Waals surface area contributed by atoms with Crippen molar-refractivity contribution in [2.24, 2.45) is 5.73 Å². The van der Waals surface area contributed by atoms with E-state index < -0.39 is 23.0 Å². The fourth-order valence-electron chi connectivity index (χ4n) is 1.93. The van der Waals surface area contributed by atoms with Crippen LogP contribution in [0, 0.1) is 0 Å². The number of carbonyl (C=O) groups is 1. The summed E-state index contributed by atoms with van der Waals surface area (Å²) < 4.78 is 4.34. The molecule has 0 radical (unpaired) electrons. The number of aliphatic hydroxyl groups is 2. The summed E-state index contributed by atoms with van der Waals surface area (Å²) in [7, 11) is 2.72. The van der Waals surface area contributed by atoms with Gasteiger partial charge in [0.05, 0.1) is 6.10 Å². The van der Waals surface area contributed by atoms with Gasteiger partial charge in [-0.05, 0) is 0 Å². The van der Waals surface area contributed by atoms with E-state index in [9.17, 15) is 9.90 Å². The van der Waals surface area contributed by atoms with Gasteiger partial charge in [-0.2, -0.15) is 0 Å². The molecule has 0 saturated carbocycles. The summed E-state index contributed by atoms with van der Waals surface area (Å²) in [4.78, 5) is 19.8. The molecule has 2 heterocycles. The van der Waals surface area contributed by atoms with Crippen LogP contribution in [0.2, 0.25) is 0 Å². The van der Waals surface area contributed by atoms with Gasteiger partial charge in [0.1, 0.15) is 6.33 Å². The van der Waals surface area contributed by atoms with Gasteiger partial charge in [-0.1, -0.05) is 21.6 Å². The molecule has 3 unspecified atom stereocenters. The Morgan fingerprint density at radius 2 is 2.30 bits per heavy atom. The Bertz CT molecular complexity index is 464. The van der Waals surface area contributed by atoms with E-state index in [0.717, 1.165) is 0 Å². The molecule has 1 fully saturated rings. The average Bonchev–Trinajstić information content (AvgIpc) is 2.84. The first-order valence-corrected chi connectivity index (χ1v) is 8.23. The first-order valence-electron chi connectivity index (χ1n) is 5.91. The Kier molecular flexibility index (Phi) is 5.22. The van der Waals surface area contributed by atoms with Crippen LogP contribution in [0.3, 0.4) is 0 Å². The fourth-order valence-corrected chi connectivity index (χ4v) is 5.26. The van der Waals surface area contributed by atoms with Gasteiger partial charge < -0.3 is 20.7 Å². The number of primary amides is 1. The minimum absolute atomic E-state index is 0.0754. The molecule has 1 aliphatic rings. The van der Waals surface area contributed by atoms with Crippen molar-refractivity contribution in [3.63, 3.8) is 0 Å². The Labute approximate surface area is 123 Å². The van der Waals surface area contributed by atoms with Crippen LogP contribution < -0.4 is 5.73 Å². The Morgan fingerprint density at radius 1 is 1.60 bits per heavy atom. The van der Waals surface area contributed by atoms with E-state index in [1.54, 1.807) is 0 Å². The zero-order valence-corrected chi connectivity index (χ0v) is 12.1. The van der Waals surface area contributed by atoms with Crippen LogP contribution in [0.25, 0.3) is 0 Å². The van der Waals surface area contributed by atoms with Crippen LogP contribution in [-0.4, -0.2) is 50.8 Å². The third-order valence-electron chi connectivity index (χ3n) is 2.92. The molecule has 0 aliphatic carbocycles. The number of nitrogens with two attached hydrogens (primary N) is 1. The Balaban J connectivity index is 2.29. The van der Waals surface area contributed by atoms with E-state index in [-0.39, 0.29) is 13.0 Å². The number of amides is 1. The monoisotopic (exact) mass is 317 g/mol. The molecule has 20 heavy (non-hydrogen) atoms. The molecule has 1 aliphatic heterocycles. The van der Waals surface area contributed by atoms with Crippen molar-refractivity contribution in [1.29, 1.82) is 0 Å². The molecule has 110 valence electrons. The summed E-state index contributed by atoms with van der Waals surface area (Å²) in [5.74, 6) is -0.0751. The Morgan fingerprint density at radius 3 is 2.90 bits per heavy atom. The first kappa shape index (κ1) is 15.5. The predicted octanol–water partition coefficient (Wildman–Crippen LogP) is -0.362. The SMILES string of the molecule is NC(=O)C1(c2cncnc2)SSCC1OC(O)CCO. The van der Waals surface area contributed by atoms with Gasteiger partial charge in [-0.3, -0.25) is 4.79 Å². The molecule has 7 nitrogen and oxygen atoms in total. The molecule has 9 heteroatoms. The van der Waals surface area contributed by atoms with Crippen LogP contribution in [0.4, 0.5) is 0 Å². The molecule has 0 bridgehead atoms. The average molecular weight is 317 g/mol. The fraction of sp³-hybridized carbons (Fsp3) is 0.545. The van der Waals surface area contributed by atoms with Crippen molar-refractivity contribution < 1.29 is 19.7 Å². The van der Waals surface area contributed by atoms with Crippen LogP contribution >= 0.6 is 21.6 Å². The Hall–Kier alpha value is -0.870. The number of rotatable bonds is 6. The molecule has 2 rings (SSSR count). The lowest BCUT2D eigenvalue weighted by Gasteiger charge is -2.31. The van der Waals surface area contributed by atoms with Crippen molar-refractivity contribution >= 4 is 27.5 Å². The van der Waals surface area contributed by atoms with E-state index in [1.165, 1.54) is 40.3 Å². The van der Waals surface area contributed by atoms with Gasteiger partial charge in [0.2, 0.25) is 5.91 Å². The molecule has 1 saturated heterocycles. The minimum atomic E-state index is -1.15. The van der Waals surface area contributed by atoms with Gasteiger partial charge in [0.25, 0.3) is 0 Å². The molecule has 4 N–H and O–H groups in total. The summed E-state index contributed by atoms with van der Waals surface area (Å²) in [6.45, 7) is -0.202. The van der Waals surface area contributed by atoms with E-state index in [0.29, 0.717) is 11.3 Å². The molecular formula is C11H15N3O4S2. The largest absolute Gasteiger partial charge is 0.396 e. The van der Waals surface area contributed by atoms with E-state index in [4.69, 9.17) is 15.6 Å². The van der Waals surface area contributed by atoms with Crippen molar-refractivity contribution in [1.82, 2.24) is 9.97 Å². The normalized spacial score (nSPS) is 27.4. The molecule has 1 aromatic heterocycles. The van der Waals surface area contributed by atoms with Crippen LogP contribution in [0.5, 0.6) is 0 Å². The van der Waals surface area contributed by atoms with E-state index in [2.05, 4.69) is 9.97 Å². The zero-order chi connectivity index (χ0) is 14.6. The lowest BCUT2D eigenvalue weighted by molar-refractivity contribution is -0.153. The second kappa shape index (κ2) is 6.72. The molecule has 1 aromatic rings. The summed E-state index contributed by atoms with van der Waals surface area (Å²) in [5.41, 5.74) is 6.11. The quantitative estimate of drug-likeness (QED) is 0.481. The zero-order valence-electron chi connectivity index (χ0n) is 10.5. The lowest BCUT2D eigenvalue weighted by atomic mass is 9.94. The summed E-state index contributed by atoms with van der Waals surface area (Å²) in [6.07, 6.45) is 2.72. The smallest absolute Gasteiger partial charge is 0.241 e. The van der Waals surface area contributed by atoms with Crippen molar-refractivity contribution in [2.75, 3.05) is 12.4 Å². The highest BCUT2D eigenvalue weighted by atomic mass is 33.1. The van der Waals surface area contributed by atoms with Crippen LogP contribution in [0.15, 0.2) is 18.7 Å². The first-order chi connectivity index (χ1) is 9.61. The van der Waals surface area contributed by atoms with Crippen molar-refractivity contribution in [3.8, 4) is 0 Å². The summed E-state index contributed by atoms with van der Waals surface area (Å²) in [6, 6.07) is 0. The maximum absolute atomic E-state index is 12.0. The molecule has 3 atom stereocenters. The maximum atomic E-state index is 12.0. The second-order valence-corrected chi connectivity index (χ2v) is 6.77. The summed E-state index contributed by atoms with van der Waals surface area (Å²) in [5, 5.41) is 18.5. The number of hydrogen-bond donors (Lipinski definition) is 3. The molecular weight excluding hydrogens is 302 g/mol. The van der Waals surface area contributed by atoms with E-state index >= 15 is 0 Å². The molecule has 0 spiro atoms. The highest BCUT2D eigenvalue weighted by Gasteiger charge is 2.53. The van der Waals surface area contributed by atoms with Gasteiger partial charge in [-0.15, -0.1) is 0 Å². The minimum Gasteiger partial charge on any atom is -0.396 e. The van der Waals surface area contributed by atoms with Gasteiger partial charge in [-0.25, -0.2) is 9.97 Å². The number of hydrogen-bond acceptors (Lipinski definition) is 8. The van der Waals surface area contributed by atoms with Gasteiger partial charge >= 0.3 is 0 Å². The van der Waals surface area contributed by atoms with E-state index in [1.807, 2.05) is 0 Å². The third-order valence-corrected chi connectivity index (χ3v) is 5.99. The predicted molar refractivity (Wildman–Crippen MR) is 75.5 cm³/mol. The van der Waals surface area contributed by atoms with Crippen LogP contribution in [0.1, 0.15) is 12.0 Å². The third kappa shape index (κ3) is 2.91. The lowest BCUT2D eigenvalue weighted by Crippen LogP contribution is -2.48. The standard InChI is InChI=1S/C11H15N3O4S2/c12-10(17)11(7-3-13-6-14-4-7)8(5-19-20-11)18-9(16)1-2-15/h3-4,6,8-9,15-16H,1-2,5H2,(H2,12,17). The van der Waals surface area contributed by atoms with Crippen molar-refractivity contribution in [2.45, 2.75) is 23.6 Å². The molecule has 1 amide bonds. The summed E-state index contributed by atoms with van der Waals surface area (Å²) >= 11 is 0. The molecule has 0 aromatic carbocycles. The highest BCUT2D eigenvalue weighted by Crippen LogP contribution is 2.54.